The molecule has 19 heavy (non-hydrogen) atoms. The number of aromatic nitrogens is 1. The Bertz CT molecular complexity index is 563. The third-order valence-corrected chi connectivity index (χ3v) is 3.38. The number of rotatable bonds is 5. The van der Waals surface area contributed by atoms with E-state index < -0.39 is 0 Å². The van der Waals surface area contributed by atoms with Gasteiger partial charge in [0.25, 0.3) is 0 Å². The minimum Gasteiger partial charge on any atom is -0.441 e. The molecule has 4 nitrogen and oxygen atoms in total. The second-order valence-electron chi connectivity index (χ2n) is 4.80. The summed E-state index contributed by atoms with van der Waals surface area (Å²) in [5, 5.41) is 3.12. The van der Waals surface area contributed by atoms with Gasteiger partial charge in [0.15, 0.2) is 11.7 Å². The molecule has 3 rings (SSSR count). The lowest BCUT2D eigenvalue weighted by Gasteiger charge is -2.00. The molecule has 0 fully saturated rings. The van der Waals surface area contributed by atoms with Crippen LogP contribution in [0.3, 0.4) is 0 Å². The lowest BCUT2D eigenvalue weighted by atomic mass is 10.1. The van der Waals surface area contributed by atoms with Crippen LogP contribution in [0.25, 0.3) is 11.3 Å². The highest BCUT2D eigenvalue weighted by molar-refractivity contribution is 5.59. The summed E-state index contributed by atoms with van der Waals surface area (Å²) < 4.78 is 11.2. The highest BCUT2D eigenvalue weighted by Gasteiger charge is 2.13. The molecule has 0 radical (unpaired) electrons. The molecule has 4 heteroatoms. The van der Waals surface area contributed by atoms with E-state index in [0.29, 0.717) is 6.61 Å². The first-order chi connectivity index (χ1) is 9.36. The molecule has 0 amide bonds. The van der Waals surface area contributed by atoms with Gasteiger partial charge in [-0.15, -0.1) is 0 Å². The van der Waals surface area contributed by atoms with Crippen molar-refractivity contribution in [2.45, 2.75) is 26.1 Å². The Kier molecular flexibility index (Phi) is 3.62. The van der Waals surface area contributed by atoms with Gasteiger partial charge in [-0.2, -0.15) is 0 Å². The van der Waals surface area contributed by atoms with Gasteiger partial charge in [0.2, 0.25) is 0 Å². The molecule has 1 aromatic carbocycles. The zero-order chi connectivity index (χ0) is 13.1. The molecule has 1 aliphatic rings. The molecule has 0 atom stereocenters. The van der Waals surface area contributed by atoms with Crippen molar-refractivity contribution >= 4 is 0 Å². The van der Waals surface area contributed by atoms with Crippen molar-refractivity contribution < 1.29 is 9.15 Å². The van der Waals surface area contributed by atoms with Crippen LogP contribution in [0.1, 0.15) is 23.4 Å². The fourth-order valence-corrected chi connectivity index (χ4v) is 2.30. The van der Waals surface area contributed by atoms with E-state index in [9.17, 15) is 0 Å². The Morgan fingerprint density at radius 1 is 1.26 bits per heavy atom. The monoisotopic (exact) mass is 258 g/mol. The van der Waals surface area contributed by atoms with Crippen molar-refractivity contribution in [1.82, 2.24) is 10.3 Å². The van der Waals surface area contributed by atoms with E-state index in [0.717, 1.165) is 43.2 Å². The van der Waals surface area contributed by atoms with Crippen LogP contribution in [-0.4, -0.2) is 18.6 Å². The smallest absolute Gasteiger partial charge is 0.194 e. The number of ether oxygens (including phenoxy) is 1. The highest BCUT2D eigenvalue weighted by Crippen LogP contribution is 2.27. The highest BCUT2D eigenvalue weighted by atomic mass is 16.5. The predicted molar refractivity (Wildman–Crippen MR) is 72.7 cm³/mol. The van der Waals surface area contributed by atoms with Crippen LogP contribution < -0.4 is 5.32 Å². The topological polar surface area (TPSA) is 47.3 Å². The fourth-order valence-electron chi connectivity index (χ4n) is 2.30. The summed E-state index contributed by atoms with van der Waals surface area (Å²) in [6.07, 6.45) is 3.72. The van der Waals surface area contributed by atoms with E-state index >= 15 is 0 Å². The average Bonchev–Trinajstić information content (AvgIpc) is 3.06. The maximum atomic E-state index is 5.80. The molecule has 1 N–H and O–H groups in total. The van der Waals surface area contributed by atoms with E-state index in [1.807, 2.05) is 13.2 Å². The number of oxazole rings is 1. The van der Waals surface area contributed by atoms with Crippen LogP contribution in [-0.2, 0) is 24.4 Å². The van der Waals surface area contributed by atoms with Crippen LogP contribution >= 0.6 is 0 Å². The van der Waals surface area contributed by atoms with E-state index in [4.69, 9.17) is 9.15 Å². The Balaban J connectivity index is 1.75. The number of nitrogens with zero attached hydrogens (tertiary/aromatic N) is 1. The Morgan fingerprint density at radius 2 is 2.16 bits per heavy atom. The van der Waals surface area contributed by atoms with E-state index in [1.165, 1.54) is 11.1 Å². The van der Waals surface area contributed by atoms with E-state index in [1.54, 1.807) is 0 Å². The minimum atomic E-state index is 0.701. The van der Waals surface area contributed by atoms with Crippen LogP contribution in [0.5, 0.6) is 0 Å². The summed E-state index contributed by atoms with van der Waals surface area (Å²) in [5.41, 5.74) is 3.61. The van der Waals surface area contributed by atoms with E-state index in [-0.39, 0.29) is 0 Å². The lowest BCUT2D eigenvalue weighted by molar-refractivity contribution is 0.134. The van der Waals surface area contributed by atoms with Gasteiger partial charge >= 0.3 is 0 Å². The minimum absolute atomic E-state index is 0.701. The number of nitrogens with one attached hydrogen (secondary N) is 1. The predicted octanol–water partition coefficient (Wildman–Crippen LogP) is 2.52. The summed E-state index contributed by atoms with van der Waals surface area (Å²) in [4.78, 5) is 4.33. The fraction of sp³-hybridized carbons (Fsp3) is 0.400. The van der Waals surface area contributed by atoms with Crippen LogP contribution in [0.4, 0.5) is 0 Å². The largest absolute Gasteiger partial charge is 0.441 e. The molecule has 0 unspecified atom stereocenters. The maximum Gasteiger partial charge on any atom is 0.194 e. The lowest BCUT2D eigenvalue weighted by Crippen LogP contribution is -2.08. The molecule has 0 aliphatic carbocycles. The van der Waals surface area contributed by atoms with E-state index in [2.05, 4.69) is 28.5 Å². The molecule has 0 bridgehead atoms. The van der Waals surface area contributed by atoms with Crippen LogP contribution in [0.15, 0.2) is 28.8 Å². The standard InChI is InChI=1S/C15H18N2O2/c1-16-6-2-3-15-17-8-14(19-15)11-4-5-12-9-18-10-13(12)7-11/h4-5,7-8,16H,2-3,6,9-10H2,1H3. The van der Waals surface area contributed by atoms with Gasteiger partial charge in [0, 0.05) is 12.0 Å². The second kappa shape index (κ2) is 5.55. The number of hydrogen-bond acceptors (Lipinski definition) is 4. The first kappa shape index (κ1) is 12.4. The number of fused-ring (bicyclic) bond motifs is 1. The van der Waals surface area contributed by atoms with Gasteiger partial charge in [0.1, 0.15) is 0 Å². The summed E-state index contributed by atoms with van der Waals surface area (Å²) in [7, 11) is 1.95. The third-order valence-electron chi connectivity index (χ3n) is 3.38. The van der Waals surface area contributed by atoms with Gasteiger partial charge < -0.3 is 14.5 Å². The maximum absolute atomic E-state index is 5.80. The quantitative estimate of drug-likeness (QED) is 0.837. The second-order valence-corrected chi connectivity index (χ2v) is 4.80. The third kappa shape index (κ3) is 2.69. The van der Waals surface area contributed by atoms with Crippen molar-refractivity contribution in [3.63, 3.8) is 0 Å². The molecule has 2 aromatic rings. The molecule has 0 saturated heterocycles. The summed E-state index contributed by atoms with van der Waals surface area (Å²) >= 11 is 0. The number of hydrogen-bond donors (Lipinski definition) is 1. The zero-order valence-electron chi connectivity index (χ0n) is 11.1. The van der Waals surface area contributed by atoms with Gasteiger partial charge in [-0.3, -0.25) is 0 Å². The normalized spacial score (nSPS) is 13.7. The van der Waals surface area contributed by atoms with Crippen molar-refractivity contribution in [2.24, 2.45) is 0 Å². The van der Waals surface area contributed by atoms with Gasteiger partial charge in [-0.25, -0.2) is 4.98 Å². The SMILES string of the molecule is CNCCCc1ncc(-c2ccc3c(c2)COC3)o1. The zero-order valence-corrected chi connectivity index (χ0v) is 11.1. The summed E-state index contributed by atoms with van der Waals surface area (Å²) in [6.45, 7) is 2.40. The Morgan fingerprint density at radius 3 is 3.05 bits per heavy atom. The first-order valence-electron chi connectivity index (χ1n) is 6.66. The molecule has 100 valence electrons. The molecule has 0 saturated carbocycles. The van der Waals surface area contributed by atoms with Crippen LogP contribution in [0.2, 0.25) is 0 Å². The first-order valence-corrected chi connectivity index (χ1v) is 6.66. The van der Waals surface area contributed by atoms with Crippen LogP contribution in [0, 0.1) is 0 Å². The van der Waals surface area contributed by atoms with Gasteiger partial charge in [0.05, 0.1) is 19.4 Å². The molecule has 1 aromatic heterocycles. The molecular formula is C15H18N2O2. The van der Waals surface area contributed by atoms with Crippen molar-refractivity contribution in [3.8, 4) is 11.3 Å². The average molecular weight is 258 g/mol. The molecular weight excluding hydrogens is 240 g/mol. The Labute approximate surface area is 112 Å². The van der Waals surface area contributed by atoms with Gasteiger partial charge in [-0.05, 0) is 37.2 Å². The number of benzene rings is 1. The molecule has 1 aliphatic heterocycles. The number of aryl methyl sites for hydroxylation is 1. The van der Waals surface area contributed by atoms with Crippen molar-refractivity contribution in [2.75, 3.05) is 13.6 Å². The van der Waals surface area contributed by atoms with Crippen molar-refractivity contribution in [3.05, 3.63) is 41.4 Å². The van der Waals surface area contributed by atoms with Crippen molar-refractivity contribution in [1.29, 1.82) is 0 Å². The van der Waals surface area contributed by atoms with Gasteiger partial charge in [-0.1, -0.05) is 12.1 Å². The molecule has 0 spiro atoms. The molecule has 2 heterocycles. The summed E-state index contributed by atoms with van der Waals surface area (Å²) in [6, 6.07) is 6.33. The Hall–Kier alpha value is -1.65. The summed E-state index contributed by atoms with van der Waals surface area (Å²) in [5.74, 6) is 1.65.